The Hall–Kier alpha value is -1.68. The van der Waals surface area contributed by atoms with Crippen molar-refractivity contribution in [1.29, 1.82) is 0 Å². The molecule has 1 aromatic carbocycles. The van der Waals surface area contributed by atoms with Gasteiger partial charge in [-0.2, -0.15) is 0 Å². The van der Waals surface area contributed by atoms with Gasteiger partial charge in [-0.1, -0.05) is 6.07 Å². The minimum atomic E-state index is 0.594. The summed E-state index contributed by atoms with van der Waals surface area (Å²) in [5, 5.41) is 0. The largest absolute Gasteiger partial charge is 0.495 e. The second-order valence-corrected chi connectivity index (χ2v) is 4.30. The molecule has 1 aromatic heterocycles. The summed E-state index contributed by atoms with van der Waals surface area (Å²) in [6.45, 7) is 0. The lowest BCUT2D eigenvalue weighted by Gasteiger charge is -2.11. The van der Waals surface area contributed by atoms with E-state index in [4.69, 9.17) is 4.74 Å². The van der Waals surface area contributed by atoms with Gasteiger partial charge in [0.15, 0.2) is 0 Å². The van der Waals surface area contributed by atoms with Crippen molar-refractivity contribution in [2.75, 3.05) is 7.11 Å². The summed E-state index contributed by atoms with van der Waals surface area (Å²) in [6, 6.07) is 7.28. The van der Waals surface area contributed by atoms with Crippen molar-refractivity contribution >= 4 is 22.2 Å². The first-order valence-electron chi connectivity index (χ1n) is 4.99. The van der Waals surface area contributed by atoms with E-state index < -0.39 is 0 Å². The predicted octanol–water partition coefficient (Wildman–Crippen LogP) is 3.33. The number of methoxy groups -OCH3 is 1. The van der Waals surface area contributed by atoms with Gasteiger partial charge in [0.1, 0.15) is 12.0 Å². The average molecular weight is 292 g/mol. The van der Waals surface area contributed by atoms with E-state index in [1.807, 2.05) is 12.1 Å². The van der Waals surface area contributed by atoms with E-state index in [0.717, 1.165) is 21.9 Å². The SMILES string of the molecule is COc1c(Br)cc(C=O)cc1-c1cccnc1. The number of ether oxygens (including phenoxy) is 1. The molecule has 0 unspecified atom stereocenters. The van der Waals surface area contributed by atoms with E-state index in [-0.39, 0.29) is 0 Å². The van der Waals surface area contributed by atoms with Crippen LogP contribution in [0.15, 0.2) is 41.1 Å². The molecule has 86 valence electrons. The monoisotopic (exact) mass is 291 g/mol. The predicted molar refractivity (Wildman–Crippen MR) is 69.3 cm³/mol. The van der Waals surface area contributed by atoms with Crippen LogP contribution in [0.2, 0.25) is 0 Å². The molecule has 1 heterocycles. The van der Waals surface area contributed by atoms with Gasteiger partial charge in [0, 0.05) is 29.1 Å². The molecule has 0 bridgehead atoms. The number of carbonyl (C=O) groups is 1. The van der Waals surface area contributed by atoms with E-state index in [9.17, 15) is 4.79 Å². The van der Waals surface area contributed by atoms with Gasteiger partial charge in [-0.25, -0.2) is 0 Å². The van der Waals surface area contributed by atoms with E-state index in [2.05, 4.69) is 20.9 Å². The first kappa shape index (κ1) is 11.8. The molecule has 0 saturated heterocycles. The lowest BCUT2D eigenvalue weighted by molar-refractivity contribution is 0.112. The van der Waals surface area contributed by atoms with E-state index in [0.29, 0.717) is 11.3 Å². The Kier molecular flexibility index (Phi) is 3.54. The number of pyridine rings is 1. The van der Waals surface area contributed by atoms with Crippen molar-refractivity contribution in [3.8, 4) is 16.9 Å². The maximum Gasteiger partial charge on any atom is 0.150 e. The highest BCUT2D eigenvalue weighted by atomic mass is 79.9. The third-order valence-corrected chi connectivity index (χ3v) is 2.97. The Morgan fingerprint density at radius 1 is 1.41 bits per heavy atom. The maximum atomic E-state index is 10.9. The molecule has 0 fully saturated rings. The third-order valence-electron chi connectivity index (χ3n) is 2.38. The summed E-state index contributed by atoms with van der Waals surface area (Å²) in [7, 11) is 1.60. The van der Waals surface area contributed by atoms with Gasteiger partial charge in [0.2, 0.25) is 0 Å². The number of rotatable bonds is 3. The van der Waals surface area contributed by atoms with Crippen LogP contribution in [0, 0.1) is 0 Å². The molecule has 4 heteroatoms. The summed E-state index contributed by atoms with van der Waals surface area (Å²) in [6.07, 6.45) is 4.25. The molecular formula is C13H10BrNO2. The Balaban J connectivity index is 2.66. The number of hydrogen-bond donors (Lipinski definition) is 0. The van der Waals surface area contributed by atoms with Crippen molar-refractivity contribution < 1.29 is 9.53 Å². The normalized spacial score (nSPS) is 10.0. The second-order valence-electron chi connectivity index (χ2n) is 3.44. The van der Waals surface area contributed by atoms with Crippen LogP contribution in [-0.2, 0) is 0 Å². The highest BCUT2D eigenvalue weighted by Crippen LogP contribution is 2.36. The molecule has 0 spiro atoms. The minimum absolute atomic E-state index is 0.594. The number of nitrogens with zero attached hydrogens (tertiary/aromatic N) is 1. The van der Waals surface area contributed by atoms with Crippen LogP contribution in [0.1, 0.15) is 10.4 Å². The average Bonchev–Trinajstić information content (AvgIpc) is 2.38. The van der Waals surface area contributed by atoms with Gasteiger partial charge in [0.25, 0.3) is 0 Å². The fourth-order valence-corrected chi connectivity index (χ4v) is 2.27. The summed E-state index contributed by atoms with van der Waals surface area (Å²) in [5.74, 6) is 0.698. The minimum Gasteiger partial charge on any atom is -0.495 e. The summed E-state index contributed by atoms with van der Waals surface area (Å²) in [5.41, 5.74) is 2.35. The van der Waals surface area contributed by atoms with E-state index >= 15 is 0 Å². The van der Waals surface area contributed by atoms with Crippen LogP contribution in [0.3, 0.4) is 0 Å². The quantitative estimate of drug-likeness (QED) is 0.814. The van der Waals surface area contributed by atoms with Gasteiger partial charge < -0.3 is 4.74 Å². The van der Waals surface area contributed by atoms with Crippen LogP contribution in [0.5, 0.6) is 5.75 Å². The molecule has 0 aliphatic carbocycles. The zero-order valence-electron chi connectivity index (χ0n) is 9.18. The molecule has 0 radical (unpaired) electrons. The van der Waals surface area contributed by atoms with Crippen LogP contribution in [0.4, 0.5) is 0 Å². The van der Waals surface area contributed by atoms with Crippen LogP contribution in [-0.4, -0.2) is 18.4 Å². The molecule has 0 aliphatic rings. The molecule has 0 saturated carbocycles. The van der Waals surface area contributed by atoms with E-state index in [1.165, 1.54) is 0 Å². The van der Waals surface area contributed by atoms with Gasteiger partial charge >= 0.3 is 0 Å². The fraction of sp³-hybridized carbons (Fsp3) is 0.0769. The second kappa shape index (κ2) is 5.10. The standard InChI is InChI=1S/C13H10BrNO2/c1-17-13-11(10-3-2-4-15-7-10)5-9(8-16)6-12(13)14/h2-8H,1H3. The van der Waals surface area contributed by atoms with Crippen LogP contribution >= 0.6 is 15.9 Å². The van der Waals surface area contributed by atoms with Gasteiger partial charge in [-0.15, -0.1) is 0 Å². The maximum absolute atomic E-state index is 10.9. The molecule has 0 N–H and O–H groups in total. The van der Waals surface area contributed by atoms with Gasteiger partial charge in [-0.3, -0.25) is 9.78 Å². The van der Waals surface area contributed by atoms with Crippen LogP contribution < -0.4 is 4.74 Å². The topological polar surface area (TPSA) is 39.2 Å². The Morgan fingerprint density at radius 3 is 2.82 bits per heavy atom. The Bertz CT molecular complexity index is 541. The number of aromatic nitrogens is 1. The van der Waals surface area contributed by atoms with Gasteiger partial charge in [-0.05, 0) is 34.1 Å². The molecule has 0 amide bonds. The lowest BCUT2D eigenvalue weighted by Crippen LogP contribution is -1.92. The molecule has 0 atom stereocenters. The lowest BCUT2D eigenvalue weighted by atomic mass is 10.0. The van der Waals surface area contributed by atoms with Crippen molar-refractivity contribution in [3.05, 3.63) is 46.7 Å². The van der Waals surface area contributed by atoms with Crippen LogP contribution in [0.25, 0.3) is 11.1 Å². The van der Waals surface area contributed by atoms with Crippen molar-refractivity contribution in [2.24, 2.45) is 0 Å². The Labute approximate surface area is 108 Å². The summed E-state index contributed by atoms with van der Waals surface area (Å²) in [4.78, 5) is 14.9. The number of carbonyl (C=O) groups excluding carboxylic acids is 1. The zero-order chi connectivity index (χ0) is 12.3. The number of halogens is 1. The zero-order valence-corrected chi connectivity index (χ0v) is 10.8. The third kappa shape index (κ3) is 2.36. The highest BCUT2D eigenvalue weighted by molar-refractivity contribution is 9.10. The molecular weight excluding hydrogens is 282 g/mol. The number of hydrogen-bond acceptors (Lipinski definition) is 3. The summed E-state index contributed by atoms with van der Waals surface area (Å²) < 4.78 is 6.09. The van der Waals surface area contributed by atoms with Gasteiger partial charge in [0.05, 0.1) is 11.6 Å². The van der Waals surface area contributed by atoms with Crippen molar-refractivity contribution in [2.45, 2.75) is 0 Å². The smallest absolute Gasteiger partial charge is 0.150 e. The first-order chi connectivity index (χ1) is 8.26. The first-order valence-corrected chi connectivity index (χ1v) is 5.78. The Morgan fingerprint density at radius 2 is 2.24 bits per heavy atom. The number of benzene rings is 1. The molecule has 3 nitrogen and oxygen atoms in total. The molecule has 2 rings (SSSR count). The summed E-state index contributed by atoms with van der Waals surface area (Å²) >= 11 is 3.39. The molecule has 0 aliphatic heterocycles. The molecule has 2 aromatic rings. The fourth-order valence-electron chi connectivity index (χ4n) is 1.63. The highest BCUT2D eigenvalue weighted by Gasteiger charge is 2.11. The van der Waals surface area contributed by atoms with E-state index in [1.54, 1.807) is 31.6 Å². The molecule has 17 heavy (non-hydrogen) atoms. The number of aldehydes is 1. The van der Waals surface area contributed by atoms with Crippen molar-refractivity contribution in [1.82, 2.24) is 4.98 Å². The van der Waals surface area contributed by atoms with Crippen molar-refractivity contribution in [3.63, 3.8) is 0 Å².